The highest BCUT2D eigenvalue weighted by molar-refractivity contribution is 6.32. The lowest BCUT2D eigenvalue weighted by atomic mass is 9.95. The summed E-state index contributed by atoms with van der Waals surface area (Å²) in [5.74, 6) is -0.133. The Kier molecular flexibility index (Phi) is 5.76. The van der Waals surface area contributed by atoms with Gasteiger partial charge in [0.15, 0.2) is 5.82 Å². The Balaban J connectivity index is 1.50. The highest BCUT2D eigenvalue weighted by atomic mass is 35.5. The minimum atomic E-state index is -0.921. The number of carbonyl (C=O) groups is 1. The second kappa shape index (κ2) is 8.77. The van der Waals surface area contributed by atoms with Gasteiger partial charge in [0, 0.05) is 29.9 Å². The zero-order chi connectivity index (χ0) is 25.9. The summed E-state index contributed by atoms with van der Waals surface area (Å²) in [7, 11) is 0. The lowest BCUT2D eigenvalue weighted by molar-refractivity contribution is -0.113. The zero-order valence-corrected chi connectivity index (χ0v) is 21.3. The molecule has 0 amide bonds. The summed E-state index contributed by atoms with van der Waals surface area (Å²) in [6.45, 7) is 2.82. The van der Waals surface area contributed by atoms with Gasteiger partial charge in [-0.1, -0.05) is 11.6 Å². The van der Waals surface area contributed by atoms with Crippen molar-refractivity contribution in [2.45, 2.75) is 57.0 Å². The average molecular weight is 527 g/mol. The van der Waals surface area contributed by atoms with Crippen LogP contribution >= 0.6 is 11.6 Å². The van der Waals surface area contributed by atoms with Crippen molar-refractivity contribution in [2.75, 3.05) is 24.6 Å². The number of aldehydes is 1. The van der Waals surface area contributed by atoms with Crippen LogP contribution in [0.1, 0.15) is 56.9 Å². The molecule has 2 aromatic heterocycles. The van der Waals surface area contributed by atoms with Gasteiger partial charge in [0.05, 0.1) is 16.4 Å². The number of phenols is 1. The van der Waals surface area contributed by atoms with E-state index in [0.717, 1.165) is 44.0 Å². The van der Waals surface area contributed by atoms with Crippen molar-refractivity contribution in [2.24, 2.45) is 5.41 Å². The standard InChI is InChI=1S/C27H28ClFN4O4/c1-26(36)5-2-8-33(12-26)24-18-11-30-22(17-9-16(35)10-19(28)20(17)15-3-4-15)21(29)23(18)31-25(32-24)37-14-27(13-34)6-7-27/h9-11,13,15,35-36H,2-8,12,14H2,1H3/t26-/m1/s1. The van der Waals surface area contributed by atoms with Crippen LogP contribution in [-0.4, -0.2) is 56.7 Å². The topological polar surface area (TPSA) is 109 Å². The number of rotatable bonds is 7. The van der Waals surface area contributed by atoms with Crippen molar-refractivity contribution in [1.29, 1.82) is 0 Å². The second-order valence-corrected chi connectivity index (χ2v) is 11.4. The summed E-state index contributed by atoms with van der Waals surface area (Å²) in [6, 6.07) is 2.92. The molecule has 0 radical (unpaired) electrons. The summed E-state index contributed by atoms with van der Waals surface area (Å²) in [6.07, 6.45) is 7.14. The number of hydrogen-bond acceptors (Lipinski definition) is 8. The van der Waals surface area contributed by atoms with Gasteiger partial charge in [-0.15, -0.1) is 0 Å². The third kappa shape index (κ3) is 4.59. The van der Waals surface area contributed by atoms with E-state index in [-0.39, 0.29) is 35.5 Å². The molecule has 37 heavy (non-hydrogen) atoms. The number of fused-ring (bicyclic) bond motifs is 1. The third-order valence-corrected chi connectivity index (χ3v) is 7.92. The maximum atomic E-state index is 16.3. The summed E-state index contributed by atoms with van der Waals surface area (Å²) in [5.41, 5.74) is -0.187. The van der Waals surface area contributed by atoms with Crippen LogP contribution < -0.4 is 9.64 Å². The van der Waals surface area contributed by atoms with Crippen LogP contribution in [0.15, 0.2) is 18.3 Å². The lowest BCUT2D eigenvalue weighted by Crippen LogP contribution is -2.46. The van der Waals surface area contributed by atoms with Crippen LogP contribution in [0.2, 0.25) is 5.02 Å². The van der Waals surface area contributed by atoms with E-state index < -0.39 is 16.8 Å². The molecular weight excluding hydrogens is 499 g/mol. The summed E-state index contributed by atoms with van der Waals surface area (Å²) in [5, 5.41) is 21.7. The Labute approximate surface area is 218 Å². The maximum absolute atomic E-state index is 16.3. The van der Waals surface area contributed by atoms with Crippen molar-refractivity contribution in [1.82, 2.24) is 15.0 Å². The molecular formula is C27H28ClFN4O4. The van der Waals surface area contributed by atoms with E-state index in [4.69, 9.17) is 16.3 Å². The molecule has 0 bridgehead atoms. The van der Waals surface area contributed by atoms with E-state index in [0.29, 0.717) is 41.3 Å². The van der Waals surface area contributed by atoms with E-state index in [9.17, 15) is 15.0 Å². The SMILES string of the molecule is C[C@@]1(O)CCCN(c2nc(OCC3(C=O)CC3)nc3c(F)c(-c4cc(O)cc(Cl)c4C4CC4)ncc23)C1. The number of halogens is 2. The van der Waals surface area contributed by atoms with Gasteiger partial charge in [0.2, 0.25) is 0 Å². The Hall–Kier alpha value is -3.04. The lowest BCUT2D eigenvalue weighted by Gasteiger charge is -2.37. The largest absolute Gasteiger partial charge is 0.508 e. The quantitative estimate of drug-likeness (QED) is 0.423. The molecule has 2 N–H and O–H groups in total. The number of pyridine rings is 1. The molecule has 1 aliphatic heterocycles. The molecule has 3 fully saturated rings. The van der Waals surface area contributed by atoms with Gasteiger partial charge in [-0.25, -0.2) is 4.39 Å². The highest BCUT2D eigenvalue weighted by Gasteiger charge is 2.44. The number of hydrogen-bond donors (Lipinski definition) is 2. The molecule has 8 nitrogen and oxygen atoms in total. The molecule has 3 aromatic rings. The monoisotopic (exact) mass is 526 g/mol. The van der Waals surface area contributed by atoms with Gasteiger partial charge in [-0.2, -0.15) is 9.97 Å². The van der Waals surface area contributed by atoms with Gasteiger partial charge in [-0.05, 0) is 69.1 Å². The first-order valence-corrected chi connectivity index (χ1v) is 13.0. The van der Waals surface area contributed by atoms with E-state index in [1.807, 2.05) is 4.90 Å². The van der Waals surface area contributed by atoms with Crippen molar-refractivity contribution in [3.63, 3.8) is 0 Å². The number of β-amino-alcohol motifs (C(OH)–C–C–N with tert-alkyl or cyclic N) is 1. The fourth-order valence-corrected chi connectivity index (χ4v) is 5.54. The molecule has 1 atom stereocenters. The van der Waals surface area contributed by atoms with Crippen molar-refractivity contribution in [3.05, 3.63) is 34.7 Å². The van der Waals surface area contributed by atoms with Gasteiger partial charge < -0.3 is 24.6 Å². The van der Waals surface area contributed by atoms with Gasteiger partial charge in [0.1, 0.15) is 35.7 Å². The predicted octanol–water partition coefficient (Wildman–Crippen LogP) is 4.78. The van der Waals surface area contributed by atoms with Crippen LogP contribution in [-0.2, 0) is 4.79 Å². The molecule has 2 aliphatic carbocycles. The zero-order valence-electron chi connectivity index (χ0n) is 20.5. The number of carbonyl (C=O) groups excluding carboxylic acids is 1. The van der Waals surface area contributed by atoms with Crippen LogP contribution in [0.4, 0.5) is 10.2 Å². The molecule has 3 heterocycles. The Bertz CT molecular complexity index is 1410. The van der Waals surface area contributed by atoms with Gasteiger partial charge in [0.25, 0.3) is 0 Å². The van der Waals surface area contributed by atoms with Crippen molar-refractivity contribution < 1.29 is 24.1 Å². The van der Waals surface area contributed by atoms with Crippen molar-refractivity contribution >= 4 is 34.6 Å². The van der Waals surface area contributed by atoms with Crippen LogP contribution in [0.25, 0.3) is 22.2 Å². The number of benzene rings is 1. The molecule has 3 aliphatic rings. The molecule has 6 rings (SSSR count). The maximum Gasteiger partial charge on any atom is 0.319 e. The predicted molar refractivity (Wildman–Crippen MR) is 137 cm³/mol. The molecule has 1 saturated heterocycles. The number of phenolic OH excluding ortho intramolecular Hbond substituents is 1. The Morgan fingerprint density at radius 2 is 2.05 bits per heavy atom. The summed E-state index contributed by atoms with van der Waals surface area (Å²) < 4.78 is 22.1. The number of aliphatic hydroxyl groups is 1. The first-order valence-electron chi connectivity index (χ1n) is 12.6. The molecule has 10 heteroatoms. The molecule has 0 spiro atoms. The van der Waals surface area contributed by atoms with E-state index >= 15 is 4.39 Å². The first-order chi connectivity index (χ1) is 17.7. The number of nitrogens with zero attached hydrogens (tertiary/aromatic N) is 4. The van der Waals surface area contributed by atoms with Crippen molar-refractivity contribution in [3.8, 4) is 23.0 Å². The number of anilines is 1. The Morgan fingerprint density at radius 3 is 2.73 bits per heavy atom. The van der Waals surface area contributed by atoms with E-state index in [1.165, 1.54) is 18.3 Å². The number of piperidine rings is 1. The third-order valence-electron chi connectivity index (χ3n) is 7.60. The minimum Gasteiger partial charge on any atom is -0.508 e. The highest BCUT2D eigenvalue weighted by Crippen LogP contribution is 2.49. The average Bonchev–Trinajstić information content (AvgIpc) is 3.78. The van der Waals surface area contributed by atoms with Gasteiger partial charge >= 0.3 is 6.01 Å². The first kappa shape index (κ1) is 24.3. The number of aromatic hydroxyl groups is 1. The number of aromatic nitrogens is 3. The smallest absolute Gasteiger partial charge is 0.319 e. The fourth-order valence-electron chi connectivity index (χ4n) is 5.17. The van der Waals surface area contributed by atoms with Crippen LogP contribution in [0.5, 0.6) is 11.8 Å². The van der Waals surface area contributed by atoms with E-state index in [2.05, 4.69) is 15.0 Å². The molecule has 1 aromatic carbocycles. The van der Waals surface area contributed by atoms with Gasteiger partial charge in [-0.3, -0.25) is 4.98 Å². The summed E-state index contributed by atoms with van der Waals surface area (Å²) in [4.78, 5) is 26.8. The molecule has 2 saturated carbocycles. The fraction of sp³-hybridized carbons (Fsp3) is 0.481. The van der Waals surface area contributed by atoms with Crippen LogP contribution in [0.3, 0.4) is 0 Å². The molecule has 194 valence electrons. The minimum absolute atomic E-state index is 0.0207. The Morgan fingerprint density at radius 1 is 1.27 bits per heavy atom. The van der Waals surface area contributed by atoms with E-state index in [1.54, 1.807) is 6.92 Å². The summed E-state index contributed by atoms with van der Waals surface area (Å²) >= 11 is 6.46. The van der Waals surface area contributed by atoms with Crippen LogP contribution in [0, 0.1) is 11.2 Å². The molecule has 0 unspecified atom stereocenters. The normalized spacial score (nSPS) is 22.8. The second-order valence-electron chi connectivity index (χ2n) is 11.0. The number of ether oxygens (including phenoxy) is 1.